The van der Waals surface area contributed by atoms with Crippen LogP contribution in [0.15, 0.2) is 0 Å². The van der Waals surface area contributed by atoms with Gasteiger partial charge in [-0.2, -0.15) is 0 Å². The van der Waals surface area contributed by atoms with Crippen LogP contribution in [0.1, 0.15) is 47.0 Å². The zero-order chi connectivity index (χ0) is 15.8. The summed E-state index contributed by atoms with van der Waals surface area (Å²) in [6.45, 7) is 8.14. The van der Waals surface area contributed by atoms with Crippen molar-refractivity contribution in [3.63, 3.8) is 0 Å². The van der Waals surface area contributed by atoms with E-state index >= 15 is 0 Å². The molecule has 0 aliphatic carbocycles. The summed E-state index contributed by atoms with van der Waals surface area (Å²) in [7, 11) is 0. The third-order valence-electron chi connectivity index (χ3n) is 2.32. The summed E-state index contributed by atoms with van der Waals surface area (Å²) in [5, 5.41) is 0. The van der Waals surface area contributed by atoms with Crippen LogP contribution in [-0.4, -0.2) is 38.4 Å². The summed E-state index contributed by atoms with van der Waals surface area (Å²) in [6.07, 6.45) is 0. The minimum Gasteiger partial charge on any atom is -0.488 e. The van der Waals surface area contributed by atoms with Crippen molar-refractivity contribution in [2.45, 2.75) is 27.7 Å². The van der Waals surface area contributed by atoms with Crippen LogP contribution < -0.4 is 9.47 Å². The van der Waals surface area contributed by atoms with Crippen molar-refractivity contribution >= 4 is 23.3 Å². The van der Waals surface area contributed by atoms with Crippen LogP contribution in [0.25, 0.3) is 0 Å². The van der Waals surface area contributed by atoms with Gasteiger partial charge in [0.25, 0.3) is 0 Å². The van der Waals surface area contributed by atoms with Gasteiger partial charge in [-0.05, 0) is 27.7 Å². The van der Waals surface area contributed by atoms with E-state index in [1.54, 1.807) is 27.7 Å². The van der Waals surface area contributed by atoms with Gasteiger partial charge in [0, 0.05) is 0 Å². The highest BCUT2D eigenvalue weighted by Crippen LogP contribution is 2.43. The molecule has 1 aromatic heterocycles. The van der Waals surface area contributed by atoms with Crippen molar-refractivity contribution in [3.8, 4) is 11.5 Å². The molecule has 0 saturated heterocycles. The van der Waals surface area contributed by atoms with E-state index in [0.717, 1.165) is 11.3 Å². The van der Waals surface area contributed by atoms with E-state index in [1.165, 1.54) is 0 Å². The van der Waals surface area contributed by atoms with Crippen LogP contribution in [0.2, 0.25) is 0 Å². The highest BCUT2D eigenvalue weighted by molar-refractivity contribution is 7.16. The van der Waals surface area contributed by atoms with Gasteiger partial charge in [0.1, 0.15) is 0 Å². The first-order chi connectivity index (χ1) is 10.1. The fraction of sp³-hybridized carbons (Fsp3) is 0.571. The van der Waals surface area contributed by atoms with E-state index in [4.69, 9.17) is 18.9 Å². The summed E-state index contributed by atoms with van der Waals surface area (Å²) < 4.78 is 20.9. The van der Waals surface area contributed by atoms with E-state index in [0.29, 0.717) is 13.2 Å². The van der Waals surface area contributed by atoms with Gasteiger partial charge in [-0.15, -0.1) is 11.3 Å². The number of hydrogen-bond acceptors (Lipinski definition) is 7. The van der Waals surface area contributed by atoms with Gasteiger partial charge in [0.05, 0.1) is 26.4 Å². The molecule has 0 amide bonds. The quantitative estimate of drug-likeness (QED) is 0.687. The Kier molecular flexibility index (Phi) is 7.01. The molecular weight excluding hydrogens is 296 g/mol. The molecule has 21 heavy (non-hydrogen) atoms. The van der Waals surface area contributed by atoms with E-state index in [-0.39, 0.29) is 34.5 Å². The van der Waals surface area contributed by atoms with Gasteiger partial charge in [-0.1, -0.05) is 0 Å². The second-order valence-electron chi connectivity index (χ2n) is 3.73. The SMILES string of the molecule is CCOC(=O)c1sc(C(=O)OCC)c(OCC)c1OCC. The molecular formula is C14H20O6S. The molecule has 0 fully saturated rings. The minimum absolute atomic E-state index is 0.213. The Balaban J connectivity index is 3.32. The van der Waals surface area contributed by atoms with Crippen LogP contribution >= 0.6 is 11.3 Å². The lowest BCUT2D eigenvalue weighted by Crippen LogP contribution is -2.06. The molecule has 1 aromatic rings. The summed E-state index contributed by atoms with van der Waals surface area (Å²) in [4.78, 5) is 24.4. The number of ether oxygens (including phenoxy) is 4. The smallest absolute Gasteiger partial charge is 0.352 e. The standard InChI is InChI=1S/C14H20O6S/c1-5-17-9-10(18-6-2)12(14(16)20-8-4)21-11(9)13(15)19-7-3/h5-8H2,1-4H3. The Morgan fingerprint density at radius 3 is 1.43 bits per heavy atom. The maximum atomic E-state index is 12.0. The molecule has 7 heteroatoms. The fourth-order valence-electron chi connectivity index (χ4n) is 1.61. The van der Waals surface area contributed by atoms with Crippen molar-refractivity contribution in [1.82, 2.24) is 0 Å². The predicted molar refractivity (Wildman–Crippen MR) is 78.6 cm³/mol. The van der Waals surface area contributed by atoms with Crippen molar-refractivity contribution < 1.29 is 28.5 Å². The summed E-state index contributed by atoms with van der Waals surface area (Å²) in [5.74, 6) is -0.596. The summed E-state index contributed by atoms with van der Waals surface area (Å²) >= 11 is 0.963. The number of esters is 2. The van der Waals surface area contributed by atoms with Gasteiger partial charge in [-0.3, -0.25) is 0 Å². The maximum absolute atomic E-state index is 12.0. The van der Waals surface area contributed by atoms with E-state index in [9.17, 15) is 9.59 Å². The third kappa shape index (κ3) is 4.10. The first-order valence-corrected chi connectivity index (χ1v) is 7.68. The molecule has 0 aliphatic rings. The van der Waals surface area contributed by atoms with Crippen LogP contribution in [0.5, 0.6) is 11.5 Å². The highest BCUT2D eigenvalue weighted by Gasteiger charge is 2.30. The van der Waals surface area contributed by atoms with Crippen LogP contribution in [0, 0.1) is 0 Å². The predicted octanol–water partition coefficient (Wildman–Crippen LogP) is 2.90. The average molecular weight is 316 g/mol. The van der Waals surface area contributed by atoms with Crippen molar-refractivity contribution in [2.75, 3.05) is 26.4 Å². The lowest BCUT2D eigenvalue weighted by Gasteiger charge is -2.09. The minimum atomic E-state index is -0.539. The lowest BCUT2D eigenvalue weighted by molar-refractivity contribution is 0.0517. The molecule has 0 aliphatic heterocycles. The Morgan fingerprint density at radius 1 is 0.762 bits per heavy atom. The lowest BCUT2D eigenvalue weighted by atomic mass is 10.3. The number of hydrogen-bond donors (Lipinski definition) is 0. The topological polar surface area (TPSA) is 71.1 Å². The molecule has 118 valence electrons. The molecule has 0 N–H and O–H groups in total. The third-order valence-corrected chi connectivity index (χ3v) is 3.43. The molecule has 0 atom stereocenters. The van der Waals surface area contributed by atoms with E-state index in [2.05, 4.69) is 0 Å². The average Bonchev–Trinajstić information content (AvgIpc) is 2.80. The molecule has 1 rings (SSSR count). The second-order valence-corrected chi connectivity index (χ2v) is 4.75. The molecule has 1 heterocycles. The normalized spacial score (nSPS) is 10.1. The van der Waals surface area contributed by atoms with Gasteiger partial charge in [0.15, 0.2) is 21.3 Å². The Hall–Kier alpha value is -1.76. The zero-order valence-electron chi connectivity index (χ0n) is 12.7. The fourth-order valence-corrected chi connectivity index (χ4v) is 2.59. The molecule has 0 unspecified atom stereocenters. The Morgan fingerprint density at radius 2 is 1.14 bits per heavy atom. The number of rotatable bonds is 8. The molecule has 6 nitrogen and oxygen atoms in total. The van der Waals surface area contributed by atoms with Gasteiger partial charge >= 0.3 is 11.9 Å². The molecule has 0 bridgehead atoms. The van der Waals surface area contributed by atoms with Crippen molar-refractivity contribution in [1.29, 1.82) is 0 Å². The van der Waals surface area contributed by atoms with Crippen molar-refractivity contribution in [2.24, 2.45) is 0 Å². The number of carbonyl (C=O) groups is 2. The van der Waals surface area contributed by atoms with Gasteiger partial charge < -0.3 is 18.9 Å². The number of thiophene rings is 1. The molecule has 0 radical (unpaired) electrons. The molecule has 0 saturated carbocycles. The van der Waals surface area contributed by atoms with Crippen LogP contribution in [-0.2, 0) is 9.47 Å². The van der Waals surface area contributed by atoms with Crippen LogP contribution in [0.4, 0.5) is 0 Å². The van der Waals surface area contributed by atoms with Crippen molar-refractivity contribution in [3.05, 3.63) is 9.75 Å². The first kappa shape index (κ1) is 17.3. The van der Waals surface area contributed by atoms with E-state index in [1.807, 2.05) is 0 Å². The largest absolute Gasteiger partial charge is 0.488 e. The zero-order valence-corrected chi connectivity index (χ0v) is 13.5. The summed E-state index contributed by atoms with van der Waals surface area (Å²) in [6, 6.07) is 0. The van der Waals surface area contributed by atoms with Crippen LogP contribution in [0.3, 0.4) is 0 Å². The summed E-state index contributed by atoms with van der Waals surface area (Å²) in [5.41, 5.74) is 0. The number of carbonyl (C=O) groups excluding carboxylic acids is 2. The maximum Gasteiger partial charge on any atom is 0.352 e. The molecule has 0 aromatic carbocycles. The highest BCUT2D eigenvalue weighted by atomic mass is 32.1. The second kappa shape index (κ2) is 8.51. The van der Waals surface area contributed by atoms with Gasteiger partial charge in [-0.25, -0.2) is 9.59 Å². The first-order valence-electron chi connectivity index (χ1n) is 6.87. The Labute approximate surface area is 127 Å². The monoisotopic (exact) mass is 316 g/mol. The van der Waals surface area contributed by atoms with Gasteiger partial charge in [0.2, 0.25) is 0 Å². The van der Waals surface area contributed by atoms with E-state index < -0.39 is 11.9 Å². The molecule has 0 spiro atoms. The Bertz CT molecular complexity index is 451.